The average Bonchev–Trinajstić information content (AvgIpc) is 1.84. The van der Waals surface area contributed by atoms with Crippen LogP contribution in [0.2, 0.25) is 0 Å². The van der Waals surface area contributed by atoms with Crippen LogP contribution in [0.15, 0.2) is 5.16 Å². The highest BCUT2D eigenvalue weighted by molar-refractivity contribution is 6.64. The molecule has 0 atom stereocenters. The SMILES string of the molecule is CC(=O)C(=O)C(C)=NO. The zero-order chi connectivity index (χ0) is 7.44. The molecule has 0 rings (SSSR count). The Morgan fingerprint density at radius 3 is 1.89 bits per heavy atom. The molecule has 0 spiro atoms. The summed E-state index contributed by atoms with van der Waals surface area (Å²) in [5.41, 5.74) is -0.178. The predicted molar refractivity (Wildman–Crippen MR) is 30.6 cm³/mol. The summed E-state index contributed by atoms with van der Waals surface area (Å²) < 4.78 is 0. The van der Waals surface area contributed by atoms with Crippen molar-refractivity contribution in [1.82, 2.24) is 0 Å². The summed E-state index contributed by atoms with van der Waals surface area (Å²) in [4.78, 5) is 20.6. The van der Waals surface area contributed by atoms with Crippen molar-refractivity contribution in [3.05, 3.63) is 0 Å². The number of carbonyl (C=O) groups is 2. The van der Waals surface area contributed by atoms with Crippen molar-refractivity contribution < 1.29 is 14.8 Å². The van der Waals surface area contributed by atoms with Gasteiger partial charge in [0.1, 0.15) is 5.71 Å². The van der Waals surface area contributed by atoms with E-state index in [2.05, 4.69) is 5.16 Å². The van der Waals surface area contributed by atoms with Gasteiger partial charge in [0.15, 0.2) is 0 Å². The second-order valence-corrected chi connectivity index (χ2v) is 1.57. The zero-order valence-corrected chi connectivity index (χ0v) is 5.21. The quantitative estimate of drug-likeness (QED) is 0.247. The van der Waals surface area contributed by atoms with Gasteiger partial charge in [-0.3, -0.25) is 9.59 Å². The number of ketones is 2. The molecule has 0 bridgehead atoms. The number of Topliss-reactive ketones (excluding diaryl/α,β-unsaturated/α-hetero) is 2. The van der Waals surface area contributed by atoms with Crippen LogP contribution in [0.3, 0.4) is 0 Å². The minimum Gasteiger partial charge on any atom is -0.411 e. The molecule has 0 fully saturated rings. The minimum atomic E-state index is -0.752. The molecule has 0 radical (unpaired) electrons. The molecular formula is C5H7NO3. The van der Waals surface area contributed by atoms with E-state index in [1.807, 2.05) is 0 Å². The summed E-state index contributed by atoms with van der Waals surface area (Å²) >= 11 is 0. The molecule has 0 aromatic heterocycles. The largest absolute Gasteiger partial charge is 0.411 e. The van der Waals surface area contributed by atoms with Crippen LogP contribution in [0.4, 0.5) is 0 Å². The molecule has 4 heteroatoms. The monoisotopic (exact) mass is 129 g/mol. The van der Waals surface area contributed by atoms with Crippen LogP contribution < -0.4 is 0 Å². The van der Waals surface area contributed by atoms with Crippen molar-refractivity contribution in [2.75, 3.05) is 0 Å². The molecule has 0 aliphatic carbocycles. The van der Waals surface area contributed by atoms with Crippen LogP contribution in [0.25, 0.3) is 0 Å². The van der Waals surface area contributed by atoms with Crippen molar-refractivity contribution in [3.8, 4) is 0 Å². The van der Waals surface area contributed by atoms with Gasteiger partial charge in [0.2, 0.25) is 11.6 Å². The molecule has 0 aliphatic rings. The Kier molecular flexibility index (Phi) is 2.57. The van der Waals surface area contributed by atoms with Gasteiger partial charge < -0.3 is 5.21 Å². The lowest BCUT2D eigenvalue weighted by Crippen LogP contribution is -2.18. The minimum absolute atomic E-state index is 0.178. The Morgan fingerprint density at radius 2 is 1.78 bits per heavy atom. The molecule has 0 saturated heterocycles. The summed E-state index contributed by atoms with van der Waals surface area (Å²) in [6.07, 6.45) is 0. The molecule has 0 amide bonds. The average molecular weight is 129 g/mol. The maximum atomic E-state index is 10.4. The second kappa shape index (κ2) is 2.96. The summed E-state index contributed by atoms with van der Waals surface area (Å²) in [6.45, 7) is 2.39. The van der Waals surface area contributed by atoms with Crippen molar-refractivity contribution in [3.63, 3.8) is 0 Å². The summed E-state index contributed by atoms with van der Waals surface area (Å²) in [5.74, 6) is -1.37. The van der Waals surface area contributed by atoms with Gasteiger partial charge in [-0.05, 0) is 6.92 Å². The molecule has 0 aliphatic heterocycles. The van der Waals surface area contributed by atoms with Crippen molar-refractivity contribution in [2.45, 2.75) is 13.8 Å². The van der Waals surface area contributed by atoms with Crippen molar-refractivity contribution >= 4 is 17.3 Å². The highest BCUT2D eigenvalue weighted by Gasteiger charge is 2.10. The topological polar surface area (TPSA) is 66.7 Å². The normalized spacial score (nSPS) is 11.1. The van der Waals surface area contributed by atoms with Gasteiger partial charge in [-0.1, -0.05) is 5.16 Å². The molecule has 0 aromatic rings. The van der Waals surface area contributed by atoms with E-state index < -0.39 is 11.6 Å². The first-order valence-corrected chi connectivity index (χ1v) is 2.33. The molecule has 1 N–H and O–H groups in total. The molecular weight excluding hydrogens is 122 g/mol. The van der Waals surface area contributed by atoms with Gasteiger partial charge in [0, 0.05) is 6.92 Å². The third-order valence-corrected chi connectivity index (χ3v) is 0.798. The lowest BCUT2D eigenvalue weighted by Gasteiger charge is -1.87. The predicted octanol–water partition coefficient (Wildman–Crippen LogP) is -0.00540. The first-order chi connectivity index (χ1) is 4.09. The number of oxime groups is 1. The fourth-order valence-corrected chi connectivity index (χ4v) is 0.300. The van der Waals surface area contributed by atoms with Crippen LogP contribution in [0, 0.1) is 0 Å². The first kappa shape index (κ1) is 7.81. The van der Waals surface area contributed by atoms with Gasteiger partial charge in [0.05, 0.1) is 0 Å². The van der Waals surface area contributed by atoms with Gasteiger partial charge in [-0.25, -0.2) is 0 Å². The molecule has 4 nitrogen and oxygen atoms in total. The van der Waals surface area contributed by atoms with E-state index in [-0.39, 0.29) is 5.71 Å². The fourth-order valence-electron chi connectivity index (χ4n) is 0.300. The van der Waals surface area contributed by atoms with Crippen LogP contribution >= 0.6 is 0 Å². The molecule has 0 aromatic carbocycles. The molecule has 0 saturated carbocycles. The molecule has 0 unspecified atom stereocenters. The standard InChI is InChI=1S/C5H7NO3/c1-3(6-9)5(8)4(2)7/h9H,1-2H3. The molecule has 50 valence electrons. The maximum absolute atomic E-state index is 10.4. The van der Waals surface area contributed by atoms with E-state index in [4.69, 9.17) is 5.21 Å². The number of rotatable bonds is 2. The van der Waals surface area contributed by atoms with Crippen molar-refractivity contribution in [1.29, 1.82) is 0 Å². The van der Waals surface area contributed by atoms with E-state index in [9.17, 15) is 9.59 Å². The van der Waals surface area contributed by atoms with Gasteiger partial charge in [-0.2, -0.15) is 0 Å². The first-order valence-electron chi connectivity index (χ1n) is 2.33. The van der Waals surface area contributed by atoms with Crippen LogP contribution in [0.5, 0.6) is 0 Å². The van der Waals surface area contributed by atoms with E-state index in [1.54, 1.807) is 0 Å². The number of hydrogen-bond acceptors (Lipinski definition) is 4. The number of carbonyl (C=O) groups excluding carboxylic acids is 2. The zero-order valence-electron chi connectivity index (χ0n) is 5.21. The smallest absolute Gasteiger partial charge is 0.245 e. The van der Waals surface area contributed by atoms with Gasteiger partial charge in [0.25, 0.3) is 0 Å². The highest BCUT2D eigenvalue weighted by atomic mass is 16.4. The van der Waals surface area contributed by atoms with Gasteiger partial charge >= 0.3 is 0 Å². The van der Waals surface area contributed by atoms with Crippen LogP contribution in [0.1, 0.15) is 13.8 Å². The Labute approximate surface area is 52.2 Å². The molecule has 0 heterocycles. The van der Waals surface area contributed by atoms with E-state index >= 15 is 0 Å². The highest BCUT2D eigenvalue weighted by Crippen LogP contribution is 1.80. The Bertz CT molecular complexity index is 171. The number of hydrogen-bond donors (Lipinski definition) is 1. The van der Waals surface area contributed by atoms with Crippen molar-refractivity contribution in [2.24, 2.45) is 5.16 Å². The van der Waals surface area contributed by atoms with Crippen LogP contribution in [-0.2, 0) is 9.59 Å². The lowest BCUT2D eigenvalue weighted by atomic mass is 10.2. The van der Waals surface area contributed by atoms with E-state index in [1.165, 1.54) is 6.92 Å². The van der Waals surface area contributed by atoms with E-state index in [0.29, 0.717) is 0 Å². The Morgan fingerprint density at radius 1 is 1.33 bits per heavy atom. The summed E-state index contributed by atoms with van der Waals surface area (Å²) in [6, 6.07) is 0. The Hall–Kier alpha value is -1.19. The summed E-state index contributed by atoms with van der Waals surface area (Å²) in [7, 11) is 0. The van der Waals surface area contributed by atoms with E-state index in [0.717, 1.165) is 6.92 Å². The summed E-state index contributed by atoms with van der Waals surface area (Å²) in [5, 5.41) is 10.5. The fraction of sp³-hybridized carbons (Fsp3) is 0.400. The van der Waals surface area contributed by atoms with Crippen LogP contribution in [-0.4, -0.2) is 22.5 Å². The third kappa shape index (κ3) is 2.03. The Balaban J connectivity index is 4.23. The molecule has 9 heavy (non-hydrogen) atoms. The second-order valence-electron chi connectivity index (χ2n) is 1.57. The van der Waals surface area contributed by atoms with Gasteiger partial charge in [-0.15, -0.1) is 0 Å². The third-order valence-electron chi connectivity index (χ3n) is 0.798. The number of nitrogens with zero attached hydrogens (tertiary/aromatic N) is 1. The lowest BCUT2D eigenvalue weighted by molar-refractivity contribution is -0.131. The maximum Gasteiger partial charge on any atom is 0.245 e.